The number of nitrogens with zero attached hydrogens (tertiary/aromatic N) is 2. The molecule has 15 heteroatoms. The summed E-state index contributed by atoms with van der Waals surface area (Å²) in [5.41, 5.74) is 10.7. The number of guanidine groups is 1. The van der Waals surface area contributed by atoms with Crippen LogP contribution in [0.3, 0.4) is 0 Å². The van der Waals surface area contributed by atoms with Crippen molar-refractivity contribution in [3.63, 3.8) is 0 Å². The Morgan fingerprint density at radius 1 is 1.06 bits per heavy atom. The number of hydrogen-bond donors (Lipinski definition) is 7. The van der Waals surface area contributed by atoms with E-state index >= 15 is 0 Å². The lowest BCUT2D eigenvalue weighted by Gasteiger charge is -2.37. The molecule has 14 nitrogen and oxygen atoms in total. The second-order valence-corrected chi connectivity index (χ2v) is 9.94. The Bertz CT molecular complexity index is 882. The highest BCUT2D eigenvalue weighted by Gasteiger charge is 2.43. The molecule has 2 bridgehead atoms. The van der Waals surface area contributed by atoms with Crippen LogP contribution in [-0.4, -0.2) is 100 Å². The highest BCUT2D eigenvalue weighted by Crippen LogP contribution is 2.36. The number of aliphatic carboxylic acids is 1. The van der Waals surface area contributed by atoms with Crippen molar-refractivity contribution in [1.82, 2.24) is 26.2 Å². The van der Waals surface area contributed by atoms with Gasteiger partial charge in [0.2, 0.25) is 23.6 Å². The van der Waals surface area contributed by atoms with Crippen LogP contribution in [0.15, 0.2) is 4.99 Å². The predicted molar refractivity (Wildman–Crippen MR) is 127 cm³/mol. The fraction of sp³-hybridized carbons (Fsp3) is 0.700. The van der Waals surface area contributed by atoms with E-state index in [1.165, 1.54) is 0 Å². The fourth-order valence-corrected chi connectivity index (χ4v) is 5.86. The molecule has 4 amide bonds. The van der Waals surface area contributed by atoms with Crippen LogP contribution in [0.2, 0.25) is 0 Å². The van der Waals surface area contributed by atoms with E-state index in [4.69, 9.17) is 11.5 Å². The minimum atomic E-state index is -1.29. The molecule has 3 aliphatic heterocycles. The van der Waals surface area contributed by atoms with E-state index in [0.29, 0.717) is 25.1 Å². The van der Waals surface area contributed by atoms with Gasteiger partial charge in [-0.3, -0.25) is 33.9 Å². The SMILES string of the molecule is NC(N)=NCCC[C@@H]1NC(=O)[C@@H]2CS[C@H]3CC[C@@H](CN32)NC(=O)[C@H](CC(=O)O)NC(=O)CNC1=O. The van der Waals surface area contributed by atoms with Crippen LogP contribution in [0.25, 0.3) is 0 Å². The van der Waals surface area contributed by atoms with Gasteiger partial charge in [0.05, 0.1) is 24.4 Å². The first-order chi connectivity index (χ1) is 16.6. The molecule has 3 fully saturated rings. The van der Waals surface area contributed by atoms with Crippen molar-refractivity contribution in [3.8, 4) is 0 Å². The van der Waals surface area contributed by atoms with E-state index in [1.807, 2.05) is 4.90 Å². The molecule has 0 aromatic heterocycles. The zero-order valence-corrected chi connectivity index (χ0v) is 20.0. The minimum absolute atomic E-state index is 0.0787. The maximum Gasteiger partial charge on any atom is 0.305 e. The number of carboxylic acid groups (broad SMARTS) is 1. The molecule has 0 aliphatic carbocycles. The van der Waals surface area contributed by atoms with Crippen LogP contribution in [0.5, 0.6) is 0 Å². The number of amides is 4. The Labute approximate surface area is 206 Å². The Morgan fingerprint density at radius 2 is 1.83 bits per heavy atom. The maximum atomic E-state index is 13.2. The molecule has 3 rings (SSSR count). The normalized spacial score (nSPS) is 30.1. The Hall–Kier alpha value is -3.07. The summed E-state index contributed by atoms with van der Waals surface area (Å²) >= 11 is 1.65. The first kappa shape index (κ1) is 26.5. The monoisotopic (exact) mass is 512 g/mol. The van der Waals surface area contributed by atoms with Crippen molar-refractivity contribution in [1.29, 1.82) is 0 Å². The van der Waals surface area contributed by atoms with E-state index in [1.54, 1.807) is 11.8 Å². The van der Waals surface area contributed by atoms with Crippen molar-refractivity contribution in [2.75, 3.05) is 25.4 Å². The fourth-order valence-electron chi connectivity index (χ4n) is 4.38. The second kappa shape index (κ2) is 12.1. The molecule has 0 spiro atoms. The lowest BCUT2D eigenvalue weighted by molar-refractivity contribution is -0.141. The van der Waals surface area contributed by atoms with Gasteiger partial charge in [-0.1, -0.05) is 0 Å². The summed E-state index contributed by atoms with van der Waals surface area (Å²) in [6.45, 7) is 0.179. The summed E-state index contributed by atoms with van der Waals surface area (Å²) in [6, 6.07) is -3.01. The van der Waals surface area contributed by atoms with E-state index in [2.05, 4.69) is 26.3 Å². The van der Waals surface area contributed by atoms with Crippen molar-refractivity contribution >= 4 is 47.3 Å². The molecule has 0 aromatic carbocycles. The molecular formula is C20H32N8O6S. The number of hydrogen-bond acceptors (Lipinski definition) is 8. The summed E-state index contributed by atoms with van der Waals surface area (Å²) in [5, 5.41) is 19.8. The number of rotatable bonds is 6. The van der Waals surface area contributed by atoms with Crippen LogP contribution in [-0.2, 0) is 24.0 Å². The number of nitrogens with two attached hydrogens (primary N) is 2. The highest BCUT2D eigenvalue weighted by atomic mass is 32.2. The number of thioether (sulfide) groups is 1. The molecule has 0 radical (unpaired) electrons. The van der Waals surface area contributed by atoms with Gasteiger partial charge in [-0.05, 0) is 25.7 Å². The van der Waals surface area contributed by atoms with Crippen molar-refractivity contribution in [2.24, 2.45) is 16.5 Å². The van der Waals surface area contributed by atoms with Gasteiger partial charge in [-0.2, -0.15) is 0 Å². The highest BCUT2D eigenvalue weighted by molar-refractivity contribution is 8.00. The number of piperidine rings is 1. The molecule has 0 aromatic rings. The molecule has 0 unspecified atom stereocenters. The number of nitrogens with one attached hydrogen (secondary N) is 4. The van der Waals surface area contributed by atoms with Gasteiger partial charge in [0.15, 0.2) is 5.96 Å². The third kappa shape index (κ3) is 7.45. The van der Waals surface area contributed by atoms with E-state index in [0.717, 1.165) is 6.42 Å². The predicted octanol–water partition coefficient (Wildman–Crippen LogP) is -3.36. The quantitative estimate of drug-likeness (QED) is 0.106. The lowest BCUT2D eigenvalue weighted by Crippen LogP contribution is -2.58. The van der Waals surface area contributed by atoms with Crippen LogP contribution in [0.4, 0.5) is 0 Å². The zero-order chi connectivity index (χ0) is 25.5. The second-order valence-electron chi connectivity index (χ2n) is 8.73. The summed E-state index contributed by atoms with van der Waals surface area (Å²) < 4.78 is 0. The van der Waals surface area contributed by atoms with Gasteiger partial charge in [0.1, 0.15) is 12.1 Å². The topological polar surface area (TPSA) is 221 Å². The summed E-state index contributed by atoms with van der Waals surface area (Å²) in [5.74, 6) is -3.01. The van der Waals surface area contributed by atoms with Gasteiger partial charge in [-0.25, -0.2) is 0 Å². The summed E-state index contributed by atoms with van der Waals surface area (Å²) in [6.07, 6.45) is 1.45. The molecule has 3 aliphatic rings. The van der Waals surface area contributed by atoms with Crippen LogP contribution < -0.4 is 32.7 Å². The number of carbonyl (C=O) groups is 5. The Balaban J connectivity index is 1.80. The van der Waals surface area contributed by atoms with Crippen molar-refractivity contribution < 1.29 is 29.1 Å². The summed E-state index contributed by atoms with van der Waals surface area (Å²) in [7, 11) is 0. The third-order valence-electron chi connectivity index (χ3n) is 6.09. The largest absolute Gasteiger partial charge is 0.481 e. The third-order valence-corrected chi connectivity index (χ3v) is 7.49. The number of fused-ring (bicyclic) bond motifs is 1. The van der Waals surface area contributed by atoms with Crippen molar-refractivity contribution in [2.45, 2.75) is 61.6 Å². The molecular weight excluding hydrogens is 480 g/mol. The Morgan fingerprint density at radius 3 is 2.54 bits per heavy atom. The Kier molecular flexibility index (Phi) is 9.14. The maximum absolute atomic E-state index is 13.2. The number of carboxylic acids is 1. The van der Waals surface area contributed by atoms with Crippen LogP contribution >= 0.6 is 11.8 Å². The van der Waals surface area contributed by atoms with Gasteiger partial charge >= 0.3 is 5.97 Å². The molecule has 35 heavy (non-hydrogen) atoms. The van der Waals surface area contributed by atoms with Crippen LogP contribution in [0, 0.1) is 0 Å². The molecule has 3 heterocycles. The first-order valence-electron chi connectivity index (χ1n) is 11.5. The minimum Gasteiger partial charge on any atom is -0.481 e. The molecule has 0 saturated carbocycles. The van der Waals surface area contributed by atoms with Gasteiger partial charge in [0, 0.05) is 24.9 Å². The number of carbonyl (C=O) groups excluding carboxylic acids is 4. The van der Waals surface area contributed by atoms with Crippen molar-refractivity contribution in [3.05, 3.63) is 0 Å². The average Bonchev–Trinajstić information content (AvgIpc) is 3.21. The van der Waals surface area contributed by atoms with E-state index in [-0.39, 0.29) is 36.2 Å². The van der Waals surface area contributed by atoms with Gasteiger partial charge in [0.25, 0.3) is 0 Å². The molecule has 9 N–H and O–H groups in total. The molecule has 194 valence electrons. The van der Waals surface area contributed by atoms with Crippen LogP contribution in [0.1, 0.15) is 32.1 Å². The molecule has 3 saturated heterocycles. The zero-order valence-electron chi connectivity index (χ0n) is 19.2. The average molecular weight is 513 g/mol. The van der Waals surface area contributed by atoms with Gasteiger partial charge in [-0.15, -0.1) is 11.8 Å². The lowest BCUT2D eigenvalue weighted by atomic mass is 10.0. The number of aliphatic imine (C=N–C) groups is 1. The van der Waals surface area contributed by atoms with E-state index in [9.17, 15) is 29.1 Å². The molecule has 5 atom stereocenters. The standard InChI is InChI=1S/C20H32N8O6S/c21-20(22)23-5-1-2-11-17(32)24-7-14(29)26-12(6-16(30)31)18(33)25-10-3-4-15-28(8-10)13(9-35-15)19(34)27-11/h10-13,15H,1-9H2,(H,24,32)(H,25,33)(H,26,29)(H,27,34)(H,30,31)(H4,21,22,23)/t10-,11-,12-,13-,15-/m0/s1. The smallest absolute Gasteiger partial charge is 0.305 e. The van der Waals surface area contributed by atoms with E-state index < -0.39 is 54.8 Å². The first-order valence-corrected chi connectivity index (χ1v) is 12.5. The summed E-state index contributed by atoms with van der Waals surface area (Å²) in [4.78, 5) is 68.3. The van der Waals surface area contributed by atoms with Gasteiger partial charge < -0.3 is 37.8 Å².